The molecule has 0 aliphatic carbocycles. The lowest BCUT2D eigenvalue weighted by atomic mass is 10.2. The first kappa shape index (κ1) is 13.3. The lowest BCUT2D eigenvalue weighted by Gasteiger charge is -2.07. The highest BCUT2D eigenvalue weighted by molar-refractivity contribution is 6.34. The number of anilines is 1. The van der Waals surface area contributed by atoms with Gasteiger partial charge in [-0.25, -0.2) is 4.98 Å². The molecule has 1 aromatic heterocycles. The lowest BCUT2D eigenvalue weighted by Crippen LogP contribution is -2.14. The molecule has 104 valence electrons. The van der Waals surface area contributed by atoms with Gasteiger partial charge in [0.05, 0.1) is 27.9 Å². The normalized spacial score (nSPS) is 10.5. The second kappa shape index (κ2) is 5.38. The number of carbonyl (C=O) groups is 1. The molecular weight excluding hydrogens is 290 g/mol. The standard InChI is InChI=1S/C15H10ClN3O2/c16-10-7-9(20)5-6-11(10)19-15(21)14-8-17-12-3-1-2-4-13(12)18-14/h1-8,20H,(H,19,21). The molecule has 0 spiro atoms. The van der Waals surface area contributed by atoms with Crippen molar-refractivity contribution < 1.29 is 9.90 Å². The molecule has 3 aromatic rings. The Hall–Kier alpha value is -2.66. The third-order valence-electron chi connectivity index (χ3n) is 2.88. The first-order chi connectivity index (χ1) is 10.1. The van der Waals surface area contributed by atoms with E-state index in [9.17, 15) is 9.90 Å². The number of amides is 1. The van der Waals surface area contributed by atoms with Crippen LogP contribution in [0.1, 0.15) is 10.5 Å². The Morgan fingerprint density at radius 3 is 2.67 bits per heavy atom. The molecule has 0 radical (unpaired) electrons. The van der Waals surface area contributed by atoms with Crippen molar-refractivity contribution in [3.05, 3.63) is 59.4 Å². The van der Waals surface area contributed by atoms with Crippen LogP contribution in [0.15, 0.2) is 48.7 Å². The number of para-hydroxylation sites is 2. The number of nitrogens with one attached hydrogen (secondary N) is 1. The van der Waals surface area contributed by atoms with Crippen LogP contribution in [-0.4, -0.2) is 21.0 Å². The van der Waals surface area contributed by atoms with E-state index >= 15 is 0 Å². The monoisotopic (exact) mass is 299 g/mol. The van der Waals surface area contributed by atoms with Gasteiger partial charge in [-0.05, 0) is 24.3 Å². The number of halogens is 1. The van der Waals surface area contributed by atoms with E-state index in [4.69, 9.17) is 11.6 Å². The number of benzene rings is 2. The zero-order chi connectivity index (χ0) is 14.8. The second-order valence-corrected chi connectivity index (χ2v) is 4.77. The van der Waals surface area contributed by atoms with Gasteiger partial charge in [0.1, 0.15) is 11.4 Å². The van der Waals surface area contributed by atoms with Crippen LogP contribution in [0.25, 0.3) is 11.0 Å². The van der Waals surface area contributed by atoms with Crippen LogP contribution in [-0.2, 0) is 0 Å². The summed E-state index contributed by atoms with van der Waals surface area (Å²) in [6.45, 7) is 0. The molecule has 0 fully saturated rings. The molecule has 3 rings (SSSR count). The van der Waals surface area contributed by atoms with Crippen molar-refractivity contribution in [2.45, 2.75) is 0 Å². The minimum absolute atomic E-state index is 0.0310. The third-order valence-corrected chi connectivity index (χ3v) is 3.19. The Labute approximate surface area is 125 Å². The lowest BCUT2D eigenvalue weighted by molar-refractivity contribution is 0.102. The van der Waals surface area contributed by atoms with Gasteiger partial charge in [-0.2, -0.15) is 0 Å². The average molecular weight is 300 g/mol. The van der Waals surface area contributed by atoms with E-state index in [0.717, 1.165) is 5.52 Å². The molecule has 21 heavy (non-hydrogen) atoms. The molecule has 0 aliphatic heterocycles. The first-order valence-corrected chi connectivity index (χ1v) is 6.53. The highest BCUT2D eigenvalue weighted by Gasteiger charge is 2.11. The summed E-state index contributed by atoms with van der Waals surface area (Å²) in [6, 6.07) is 11.6. The van der Waals surface area contributed by atoms with Crippen molar-refractivity contribution in [1.29, 1.82) is 0 Å². The van der Waals surface area contributed by atoms with E-state index in [1.165, 1.54) is 24.4 Å². The number of nitrogens with zero attached hydrogens (tertiary/aromatic N) is 2. The van der Waals surface area contributed by atoms with Gasteiger partial charge in [0, 0.05) is 6.07 Å². The van der Waals surface area contributed by atoms with Gasteiger partial charge >= 0.3 is 0 Å². The van der Waals surface area contributed by atoms with Gasteiger partial charge in [0.2, 0.25) is 0 Å². The number of aromatic nitrogens is 2. The molecule has 2 aromatic carbocycles. The smallest absolute Gasteiger partial charge is 0.275 e. The summed E-state index contributed by atoms with van der Waals surface area (Å²) < 4.78 is 0. The van der Waals surface area contributed by atoms with Crippen LogP contribution in [0.5, 0.6) is 5.75 Å². The highest BCUT2D eigenvalue weighted by atomic mass is 35.5. The van der Waals surface area contributed by atoms with Crippen LogP contribution >= 0.6 is 11.6 Å². The van der Waals surface area contributed by atoms with E-state index in [2.05, 4.69) is 15.3 Å². The SMILES string of the molecule is O=C(Nc1ccc(O)cc1Cl)c1cnc2ccccc2n1. The number of carbonyl (C=O) groups excluding carboxylic acids is 1. The summed E-state index contributed by atoms with van der Waals surface area (Å²) in [4.78, 5) is 20.6. The Morgan fingerprint density at radius 2 is 1.90 bits per heavy atom. The maximum atomic E-state index is 12.2. The summed E-state index contributed by atoms with van der Waals surface area (Å²) in [5, 5.41) is 12.2. The molecule has 0 unspecified atom stereocenters. The van der Waals surface area contributed by atoms with E-state index in [1.807, 2.05) is 18.2 Å². The maximum absolute atomic E-state index is 12.2. The minimum atomic E-state index is -0.416. The molecule has 1 amide bonds. The first-order valence-electron chi connectivity index (χ1n) is 6.15. The summed E-state index contributed by atoms with van der Waals surface area (Å²) in [5.74, 6) is -0.385. The largest absolute Gasteiger partial charge is 0.508 e. The number of rotatable bonds is 2. The van der Waals surface area contributed by atoms with Crippen LogP contribution in [0.3, 0.4) is 0 Å². The molecule has 0 saturated carbocycles. The molecule has 6 heteroatoms. The fraction of sp³-hybridized carbons (Fsp3) is 0. The van der Waals surface area contributed by atoms with Gasteiger partial charge in [-0.3, -0.25) is 9.78 Å². The Balaban J connectivity index is 1.89. The van der Waals surface area contributed by atoms with Crippen molar-refractivity contribution in [3.63, 3.8) is 0 Å². The van der Waals surface area contributed by atoms with Gasteiger partial charge in [0.15, 0.2) is 0 Å². The number of aromatic hydroxyl groups is 1. The number of phenolic OH excluding ortho intramolecular Hbond substituents is 1. The summed E-state index contributed by atoms with van der Waals surface area (Å²) in [6.07, 6.45) is 1.41. The summed E-state index contributed by atoms with van der Waals surface area (Å²) in [5.41, 5.74) is 1.95. The van der Waals surface area contributed by atoms with Crippen molar-refractivity contribution in [1.82, 2.24) is 9.97 Å². The van der Waals surface area contributed by atoms with Crippen molar-refractivity contribution in [3.8, 4) is 5.75 Å². The van der Waals surface area contributed by atoms with Gasteiger partial charge < -0.3 is 10.4 Å². The van der Waals surface area contributed by atoms with Gasteiger partial charge in [0.25, 0.3) is 5.91 Å². The maximum Gasteiger partial charge on any atom is 0.275 e. The predicted octanol–water partition coefficient (Wildman–Crippen LogP) is 3.24. The second-order valence-electron chi connectivity index (χ2n) is 4.36. The van der Waals surface area contributed by atoms with Crippen molar-refractivity contribution in [2.24, 2.45) is 0 Å². The Kier molecular flexibility index (Phi) is 3.41. The van der Waals surface area contributed by atoms with E-state index in [1.54, 1.807) is 6.07 Å². The fourth-order valence-corrected chi connectivity index (χ4v) is 2.08. The van der Waals surface area contributed by atoms with E-state index < -0.39 is 5.91 Å². The number of fused-ring (bicyclic) bond motifs is 1. The zero-order valence-electron chi connectivity index (χ0n) is 10.7. The average Bonchev–Trinajstić information content (AvgIpc) is 2.49. The van der Waals surface area contributed by atoms with Crippen LogP contribution < -0.4 is 5.32 Å². The van der Waals surface area contributed by atoms with Crippen molar-refractivity contribution in [2.75, 3.05) is 5.32 Å². The summed E-state index contributed by atoms with van der Waals surface area (Å²) in [7, 11) is 0. The van der Waals surface area contributed by atoms with E-state index in [-0.39, 0.29) is 16.5 Å². The Bertz CT molecular complexity index is 836. The molecule has 1 heterocycles. The van der Waals surface area contributed by atoms with E-state index in [0.29, 0.717) is 11.2 Å². The van der Waals surface area contributed by atoms with Crippen LogP contribution in [0.2, 0.25) is 5.02 Å². The molecule has 0 aliphatic rings. The predicted molar refractivity (Wildman–Crippen MR) is 80.6 cm³/mol. The molecule has 0 saturated heterocycles. The van der Waals surface area contributed by atoms with Gasteiger partial charge in [-0.1, -0.05) is 23.7 Å². The fourth-order valence-electron chi connectivity index (χ4n) is 1.86. The third kappa shape index (κ3) is 2.78. The highest BCUT2D eigenvalue weighted by Crippen LogP contribution is 2.26. The number of phenols is 1. The van der Waals surface area contributed by atoms with Crippen LogP contribution in [0, 0.1) is 0 Å². The number of hydrogen-bond acceptors (Lipinski definition) is 4. The molecule has 0 atom stereocenters. The molecule has 2 N–H and O–H groups in total. The molecule has 0 bridgehead atoms. The molecule has 5 nitrogen and oxygen atoms in total. The quantitative estimate of drug-likeness (QED) is 0.712. The zero-order valence-corrected chi connectivity index (χ0v) is 11.5. The Morgan fingerprint density at radius 1 is 1.14 bits per heavy atom. The number of hydrogen-bond donors (Lipinski definition) is 2. The summed E-state index contributed by atoms with van der Waals surface area (Å²) >= 11 is 5.95. The van der Waals surface area contributed by atoms with Crippen molar-refractivity contribution >= 4 is 34.2 Å². The van der Waals surface area contributed by atoms with Crippen LogP contribution in [0.4, 0.5) is 5.69 Å². The minimum Gasteiger partial charge on any atom is -0.508 e. The topological polar surface area (TPSA) is 75.1 Å². The van der Waals surface area contributed by atoms with Gasteiger partial charge in [-0.15, -0.1) is 0 Å². The molecular formula is C15H10ClN3O2.